The molecule has 3 heterocycles. The van der Waals surface area contributed by atoms with Crippen LogP contribution in [0.5, 0.6) is 0 Å². The second-order valence-electron chi connectivity index (χ2n) is 7.88. The van der Waals surface area contributed by atoms with Gasteiger partial charge < -0.3 is 9.64 Å². The third kappa shape index (κ3) is 3.24. The lowest BCUT2D eigenvalue weighted by molar-refractivity contribution is -0.0743. The Labute approximate surface area is 141 Å². The van der Waals surface area contributed by atoms with Gasteiger partial charge in [-0.05, 0) is 34.6 Å². The largest absolute Gasteiger partial charge is 0.444 e. The average molecular weight is 336 g/mol. The average Bonchev–Trinajstić information content (AvgIpc) is 2.73. The van der Waals surface area contributed by atoms with E-state index < -0.39 is 11.2 Å². The normalized spacial score (nSPS) is 19.9. The van der Waals surface area contributed by atoms with Crippen molar-refractivity contribution in [1.29, 1.82) is 0 Å². The van der Waals surface area contributed by atoms with Crippen molar-refractivity contribution in [2.45, 2.75) is 65.3 Å². The smallest absolute Gasteiger partial charge is 0.410 e. The predicted octanol–water partition coefficient (Wildman–Crippen LogP) is 1.63. The molecule has 0 saturated heterocycles. The summed E-state index contributed by atoms with van der Waals surface area (Å²) in [5, 5.41) is 4.56. The van der Waals surface area contributed by atoms with E-state index in [0.717, 1.165) is 11.3 Å². The fourth-order valence-corrected chi connectivity index (χ4v) is 2.90. The van der Waals surface area contributed by atoms with Crippen molar-refractivity contribution in [2.75, 3.05) is 6.54 Å². The molecule has 8 heteroatoms. The number of ether oxygens (including phenoxy) is 1. The van der Waals surface area contributed by atoms with Crippen molar-refractivity contribution < 1.29 is 19.2 Å². The van der Waals surface area contributed by atoms with Crippen LogP contribution in [0.2, 0.25) is 0 Å². The van der Waals surface area contributed by atoms with Crippen molar-refractivity contribution in [3.05, 3.63) is 17.0 Å². The molecule has 0 atom stereocenters. The number of aromatic nitrogens is 2. The number of nitrogens with zero attached hydrogens (tertiary/aromatic N) is 3. The van der Waals surface area contributed by atoms with E-state index in [-0.39, 0.29) is 12.0 Å². The van der Waals surface area contributed by atoms with E-state index in [2.05, 4.69) is 10.6 Å². The molecule has 132 valence electrons. The summed E-state index contributed by atoms with van der Waals surface area (Å²) >= 11 is 0. The Balaban J connectivity index is 1.88. The molecular formula is C16H24N4O4. The predicted molar refractivity (Wildman–Crippen MR) is 85.2 cm³/mol. The molecule has 2 aliphatic heterocycles. The Morgan fingerprint density at radius 1 is 1.38 bits per heavy atom. The zero-order valence-electron chi connectivity index (χ0n) is 14.8. The van der Waals surface area contributed by atoms with Crippen LogP contribution in [0.25, 0.3) is 0 Å². The van der Waals surface area contributed by atoms with Crippen molar-refractivity contribution in [3.63, 3.8) is 0 Å². The third-order valence-corrected chi connectivity index (χ3v) is 3.92. The first kappa shape index (κ1) is 16.8. The van der Waals surface area contributed by atoms with Crippen LogP contribution in [0, 0.1) is 0 Å². The highest BCUT2D eigenvalue weighted by Gasteiger charge is 2.36. The summed E-state index contributed by atoms with van der Waals surface area (Å²) in [6.07, 6.45) is 0.224. The van der Waals surface area contributed by atoms with E-state index in [4.69, 9.17) is 9.57 Å². The molecule has 1 N–H and O–H groups in total. The monoisotopic (exact) mass is 336 g/mol. The molecule has 0 spiro atoms. The van der Waals surface area contributed by atoms with Crippen LogP contribution in [0.3, 0.4) is 0 Å². The van der Waals surface area contributed by atoms with E-state index in [1.165, 1.54) is 0 Å². The first-order valence-electron chi connectivity index (χ1n) is 8.10. The first-order chi connectivity index (χ1) is 11.1. The lowest BCUT2D eigenvalue weighted by Gasteiger charge is -2.29. The van der Waals surface area contributed by atoms with Crippen molar-refractivity contribution in [3.8, 4) is 0 Å². The van der Waals surface area contributed by atoms with Crippen LogP contribution in [-0.2, 0) is 29.1 Å². The Hall–Kier alpha value is -2.09. The molecule has 1 aromatic rings. The summed E-state index contributed by atoms with van der Waals surface area (Å²) < 4.78 is 7.12. The van der Waals surface area contributed by atoms with E-state index in [9.17, 15) is 9.59 Å². The SMILES string of the molecule is CC(C)(C)OC(=O)N1CCc2nn3c(c2C1)C(=O)NOC(C)(C)C3. The Kier molecular flexibility index (Phi) is 3.82. The van der Waals surface area contributed by atoms with Gasteiger partial charge in [0.1, 0.15) is 16.9 Å². The maximum atomic E-state index is 12.4. The lowest BCUT2D eigenvalue weighted by atomic mass is 10.1. The molecule has 2 amide bonds. The lowest BCUT2D eigenvalue weighted by Crippen LogP contribution is -2.40. The Bertz CT molecular complexity index is 687. The van der Waals surface area contributed by atoms with Gasteiger partial charge in [0.15, 0.2) is 0 Å². The van der Waals surface area contributed by atoms with Crippen LogP contribution < -0.4 is 5.48 Å². The molecule has 0 aliphatic carbocycles. The molecule has 2 aliphatic rings. The second kappa shape index (κ2) is 5.47. The minimum Gasteiger partial charge on any atom is -0.444 e. The second-order valence-corrected chi connectivity index (χ2v) is 7.88. The summed E-state index contributed by atoms with van der Waals surface area (Å²) in [5.41, 5.74) is 3.46. The van der Waals surface area contributed by atoms with Gasteiger partial charge in [0, 0.05) is 18.5 Å². The number of hydroxylamine groups is 1. The fraction of sp³-hybridized carbons (Fsp3) is 0.688. The Morgan fingerprint density at radius 3 is 2.75 bits per heavy atom. The summed E-state index contributed by atoms with van der Waals surface area (Å²) in [4.78, 5) is 31.7. The van der Waals surface area contributed by atoms with Crippen molar-refractivity contribution in [2.24, 2.45) is 0 Å². The molecule has 0 fully saturated rings. The van der Waals surface area contributed by atoms with E-state index >= 15 is 0 Å². The molecule has 8 nitrogen and oxygen atoms in total. The highest BCUT2D eigenvalue weighted by atomic mass is 16.7. The summed E-state index contributed by atoms with van der Waals surface area (Å²) in [6.45, 7) is 10.6. The van der Waals surface area contributed by atoms with Crippen LogP contribution in [0.15, 0.2) is 0 Å². The van der Waals surface area contributed by atoms with Gasteiger partial charge in [-0.1, -0.05) is 0 Å². The molecule has 1 aromatic heterocycles. The quantitative estimate of drug-likeness (QED) is 0.778. The van der Waals surface area contributed by atoms with Gasteiger partial charge in [0.2, 0.25) is 0 Å². The molecule has 3 rings (SSSR count). The first-order valence-corrected chi connectivity index (χ1v) is 8.10. The number of carbonyl (C=O) groups excluding carboxylic acids is 2. The summed E-state index contributed by atoms with van der Waals surface area (Å²) in [7, 11) is 0. The maximum Gasteiger partial charge on any atom is 0.410 e. The van der Waals surface area contributed by atoms with Crippen molar-refractivity contribution >= 4 is 12.0 Å². The van der Waals surface area contributed by atoms with Gasteiger partial charge in [0.05, 0.1) is 18.8 Å². The van der Waals surface area contributed by atoms with E-state index in [1.54, 1.807) is 9.58 Å². The standard InChI is InChI=1S/C16H24N4O4/c1-15(2,3)23-14(22)19-7-6-11-10(8-19)12-13(21)18-24-16(4,5)9-20(12)17-11/h6-9H2,1-5H3,(H,18,21). The molecular weight excluding hydrogens is 312 g/mol. The number of nitrogens with one attached hydrogen (secondary N) is 1. The maximum absolute atomic E-state index is 12.4. The van der Waals surface area contributed by atoms with Crippen LogP contribution in [-0.4, -0.2) is 44.4 Å². The van der Waals surface area contributed by atoms with Crippen molar-refractivity contribution in [1.82, 2.24) is 20.2 Å². The van der Waals surface area contributed by atoms with Crippen LogP contribution in [0.4, 0.5) is 4.79 Å². The minimum absolute atomic E-state index is 0.313. The third-order valence-electron chi connectivity index (χ3n) is 3.92. The van der Waals surface area contributed by atoms with Crippen LogP contribution >= 0.6 is 0 Å². The van der Waals surface area contributed by atoms with E-state index in [1.807, 2.05) is 34.6 Å². The summed E-state index contributed by atoms with van der Waals surface area (Å²) in [6, 6.07) is 0. The van der Waals surface area contributed by atoms with Gasteiger partial charge in [-0.2, -0.15) is 5.10 Å². The van der Waals surface area contributed by atoms with Gasteiger partial charge in [-0.3, -0.25) is 14.3 Å². The zero-order valence-corrected chi connectivity index (χ0v) is 14.8. The minimum atomic E-state index is -0.555. The number of hydrogen-bond acceptors (Lipinski definition) is 5. The Morgan fingerprint density at radius 2 is 2.08 bits per heavy atom. The molecule has 0 saturated carbocycles. The molecule has 24 heavy (non-hydrogen) atoms. The molecule has 0 bridgehead atoms. The zero-order chi connectivity index (χ0) is 17.7. The topological polar surface area (TPSA) is 85.7 Å². The number of amides is 2. The molecule has 0 radical (unpaired) electrons. The highest BCUT2D eigenvalue weighted by molar-refractivity contribution is 5.94. The highest BCUT2D eigenvalue weighted by Crippen LogP contribution is 2.27. The molecule has 0 unspecified atom stereocenters. The van der Waals surface area contributed by atoms with Crippen LogP contribution in [0.1, 0.15) is 56.4 Å². The number of fused-ring (bicyclic) bond motifs is 3. The summed E-state index contributed by atoms with van der Waals surface area (Å²) in [5.74, 6) is -0.333. The van der Waals surface area contributed by atoms with Gasteiger partial charge in [-0.25, -0.2) is 10.3 Å². The number of hydrogen-bond donors (Lipinski definition) is 1. The van der Waals surface area contributed by atoms with Gasteiger partial charge in [0.25, 0.3) is 5.91 Å². The van der Waals surface area contributed by atoms with Gasteiger partial charge in [-0.15, -0.1) is 0 Å². The number of rotatable bonds is 0. The molecule has 0 aromatic carbocycles. The van der Waals surface area contributed by atoms with E-state index in [0.29, 0.717) is 31.7 Å². The van der Waals surface area contributed by atoms with Gasteiger partial charge >= 0.3 is 6.09 Å². The fourth-order valence-electron chi connectivity index (χ4n) is 2.90. The number of carbonyl (C=O) groups is 2.